The second kappa shape index (κ2) is 3.59. The standard InChI is InChI=1S/C11H13FN2S/c12-8-1-2-10-11(5-8)14-3-4-15-7-9(14)6-13-10/h1-2,5,9,13H,3-4,6-7H2. The van der Waals surface area contributed by atoms with E-state index in [1.807, 2.05) is 17.8 Å². The van der Waals surface area contributed by atoms with Crippen LogP contribution < -0.4 is 10.2 Å². The first-order valence-corrected chi connectivity index (χ1v) is 6.38. The minimum absolute atomic E-state index is 0.144. The Kier molecular flexibility index (Phi) is 2.24. The highest BCUT2D eigenvalue weighted by atomic mass is 32.2. The first kappa shape index (κ1) is 9.33. The number of rotatable bonds is 0. The number of benzene rings is 1. The number of fused-ring (bicyclic) bond motifs is 3. The summed E-state index contributed by atoms with van der Waals surface area (Å²) in [6.07, 6.45) is 0. The normalized spacial score (nSPS) is 24.1. The predicted octanol–water partition coefficient (Wildman–Crippen LogP) is 2.17. The highest BCUT2D eigenvalue weighted by molar-refractivity contribution is 7.99. The van der Waals surface area contributed by atoms with Gasteiger partial charge in [-0.1, -0.05) is 0 Å². The molecule has 2 aliphatic rings. The molecule has 0 aromatic heterocycles. The zero-order valence-electron chi connectivity index (χ0n) is 8.37. The number of hydrogen-bond acceptors (Lipinski definition) is 3. The molecule has 0 spiro atoms. The van der Waals surface area contributed by atoms with Crippen LogP contribution in [0.5, 0.6) is 0 Å². The number of anilines is 2. The minimum atomic E-state index is -0.144. The van der Waals surface area contributed by atoms with E-state index in [1.165, 1.54) is 6.07 Å². The van der Waals surface area contributed by atoms with E-state index in [0.29, 0.717) is 6.04 Å². The van der Waals surface area contributed by atoms with E-state index in [2.05, 4.69) is 10.2 Å². The molecule has 0 amide bonds. The molecular formula is C11H13FN2S. The molecular weight excluding hydrogens is 211 g/mol. The molecule has 0 bridgehead atoms. The molecule has 1 fully saturated rings. The van der Waals surface area contributed by atoms with Gasteiger partial charge in [0, 0.05) is 24.6 Å². The lowest BCUT2D eigenvalue weighted by atomic mass is 10.1. The second-order valence-electron chi connectivity index (χ2n) is 3.96. The molecule has 0 aliphatic carbocycles. The largest absolute Gasteiger partial charge is 0.381 e. The van der Waals surface area contributed by atoms with Crippen LogP contribution in [0, 0.1) is 5.82 Å². The number of nitrogens with zero attached hydrogens (tertiary/aromatic N) is 1. The van der Waals surface area contributed by atoms with Gasteiger partial charge in [0.1, 0.15) is 5.82 Å². The Morgan fingerprint density at radius 1 is 1.47 bits per heavy atom. The van der Waals surface area contributed by atoms with E-state index in [4.69, 9.17) is 0 Å². The first-order valence-electron chi connectivity index (χ1n) is 5.22. The van der Waals surface area contributed by atoms with E-state index < -0.39 is 0 Å². The molecule has 2 aliphatic heterocycles. The number of hydrogen-bond donors (Lipinski definition) is 1. The third kappa shape index (κ3) is 1.57. The summed E-state index contributed by atoms with van der Waals surface area (Å²) in [4.78, 5) is 2.34. The van der Waals surface area contributed by atoms with E-state index >= 15 is 0 Å². The van der Waals surface area contributed by atoms with Gasteiger partial charge in [0.05, 0.1) is 17.4 Å². The summed E-state index contributed by atoms with van der Waals surface area (Å²) in [5, 5.41) is 3.37. The van der Waals surface area contributed by atoms with Gasteiger partial charge in [0.15, 0.2) is 0 Å². The monoisotopic (exact) mass is 224 g/mol. The van der Waals surface area contributed by atoms with Crippen LogP contribution in [-0.2, 0) is 0 Å². The van der Waals surface area contributed by atoms with Crippen LogP contribution in [0.4, 0.5) is 15.8 Å². The van der Waals surface area contributed by atoms with Gasteiger partial charge in [-0.15, -0.1) is 0 Å². The highest BCUT2D eigenvalue weighted by Crippen LogP contribution is 2.34. The van der Waals surface area contributed by atoms with Gasteiger partial charge >= 0.3 is 0 Å². The topological polar surface area (TPSA) is 15.3 Å². The fourth-order valence-corrected chi connectivity index (χ4v) is 3.32. The van der Waals surface area contributed by atoms with E-state index in [9.17, 15) is 4.39 Å². The van der Waals surface area contributed by atoms with Crippen molar-refractivity contribution in [2.24, 2.45) is 0 Å². The lowest BCUT2D eigenvalue weighted by molar-refractivity contribution is 0.617. The Bertz CT molecular complexity index is 383. The molecule has 2 heterocycles. The molecule has 4 heteroatoms. The number of nitrogens with one attached hydrogen (secondary N) is 1. The third-order valence-corrected chi connectivity index (χ3v) is 4.12. The van der Waals surface area contributed by atoms with Crippen LogP contribution in [0.3, 0.4) is 0 Å². The van der Waals surface area contributed by atoms with Gasteiger partial charge in [-0.05, 0) is 18.2 Å². The van der Waals surface area contributed by atoms with Gasteiger partial charge in [-0.3, -0.25) is 0 Å². The molecule has 1 N–H and O–H groups in total. The first-order chi connectivity index (χ1) is 7.34. The van der Waals surface area contributed by atoms with Crippen molar-refractivity contribution in [3.05, 3.63) is 24.0 Å². The molecule has 1 aromatic rings. The predicted molar refractivity (Wildman–Crippen MR) is 63.3 cm³/mol. The van der Waals surface area contributed by atoms with E-state index in [-0.39, 0.29) is 5.82 Å². The van der Waals surface area contributed by atoms with Crippen molar-refractivity contribution in [1.82, 2.24) is 0 Å². The molecule has 3 rings (SSSR count). The smallest absolute Gasteiger partial charge is 0.125 e. The summed E-state index contributed by atoms with van der Waals surface area (Å²) >= 11 is 1.98. The van der Waals surface area contributed by atoms with Gasteiger partial charge < -0.3 is 10.2 Å². The summed E-state index contributed by atoms with van der Waals surface area (Å²) in [6, 6.07) is 5.52. The van der Waals surface area contributed by atoms with Crippen LogP contribution >= 0.6 is 11.8 Å². The van der Waals surface area contributed by atoms with E-state index in [1.54, 1.807) is 6.07 Å². The Morgan fingerprint density at radius 3 is 3.33 bits per heavy atom. The van der Waals surface area contributed by atoms with Crippen molar-refractivity contribution in [2.45, 2.75) is 6.04 Å². The second-order valence-corrected chi connectivity index (χ2v) is 5.11. The maximum Gasteiger partial charge on any atom is 0.125 e. The van der Waals surface area contributed by atoms with Crippen molar-refractivity contribution in [3.63, 3.8) is 0 Å². The molecule has 1 aromatic carbocycles. The zero-order chi connectivity index (χ0) is 10.3. The van der Waals surface area contributed by atoms with Crippen molar-refractivity contribution in [2.75, 3.05) is 34.8 Å². The van der Waals surface area contributed by atoms with Crippen LogP contribution in [0.2, 0.25) is 0 Å². The summed E-state index contributed by atoms with van der Waals surface area (Å²) < 4.78 is 13.2. The van der Waals surface area contributed by atoms with Crippen molar-refractivity contribution in [1.29, 1.82) is 0 Å². The van der Waals surface area contributed by atoms with Crippen LogP contribution in [0.1, 0.15) is 0 Å². The fraction of sp³-hybridized carbons (Fsp3) is 0.455. The Labute approximate surface area is 92.8 Å². The summed E-state index contributed by atoms with van der Waals surface area (Å²) in [5.41, 5.74) is 2.10. The molecule has 1 saturated heterocycles. The van der Waals surface area contributed by atoms with Gasteiger partial charge in [0.25, 0.3) is 0 Å². The molecule has 0 radical (unpaired) electrons. The van der Waals surface area contributed by atoms with Crippen LogP contribution in [0.15, 0.2) is 18.2 Å². The molecule has 2 nitrogen and oxygen atoms in total. The summed E-state index contributed by atoms with van der Waals surface area (Å²) in [5.74, 6) is 2.14. The maximum absolute atomic E-state index is 13.2. The van der Waals surface area contributed by atoms with Crippen molar-refractivity contribution < 1.29 is 4.39 Å². The number of thioether (sulfide) groups is 1. The number of halogens is 1. The quantitative estimate of drug-likeness (QED) is 0.727. The van der Waals surface area contributed by atoms with Gasteiger partial charge in [0.2, 0.25) is 0 Å². The van der Waals surface area contributed by atoms with Gasteiger partial charge in [-0.2, -0.15) is 11.8 Å². The minimum Gasteiger partial charge on any atom is -0.381 e. The SMILES string of the molecule is Fc1ccc2c(c1)N1CCSCC1CN2. The van der Waals surface area contributed by atoms with Crippen molar-refractivity contribution in [3.8, 4) is 0 Å². The lowest BCUT2D eigenvalue weighted by Gasteiger charge is -2.42. The summed E-state index contributed by atoms with van der Waals surface area (Å²) in [7, 11) is 0. The lowest BCUT2D eigenvalue weighted by Crippen LogP contribution is -2.49. The highest BCUT2D eigenvalue weighted by Gasteiger charge is 2.28. The Morgan fingerprint density at radius 2 is 2.40 bits per heavy atom. The molecule has 1 atom stereocenters. The Balaban J connectivity index is 2.01. The molecule has 0 saturated carbocycles. The zero-order valence-corrected chi connectivity index (χ0v) is 9.19. The third-order valence-electron chi connectivity index (χ3n) is 3.02. The van der Waals surface area contributed by atoms with Crippen LogP contribution in [0.25, 0.3) is 0 Å². The Hall–Kier alpha value is -0.900. The maximum atomic E-state index is 13.2. The van der Waals surface area contributed by atoms with E-state index in [0.717, 1.165) is 36.0 Å². The van der Waals surface area contributed by atoms with Crippen LogP contribution in [-0.4, -0.2) is 30.6 Å². The molecule has 15 heavy (non-hydrogen) atoms. The molecule has 1 unspecified atom stereocenters. The fourth-order valence-electron chi connectivity index (χ4n) is 2.26. The average Bonchev–Trinajstić information content (AvgIpc) is 2.29. The average molecular weight is 224 g/mol. The summed E-state index contributed by atoms with van der Waals surface area (Å²) in [6.45, 7) is 2.01. The van der Waals surface area contributed by atoms with Gasteiger partial charge in [-0.25, -0.2) is 4.39 Å². The molecule has 80 valence electrons. The van der Waals surface area contributed by atoms with Crippen molar-refractivity contribution >= 4 is 23.1 Å².